The molecule has 0 saturated heterocycles. The SMILES string of the molecule is Cc1cc(C)c(CNCC(C)C)c(OC(C)C(C)C)n1. The summed E-state index contributed by atoms with van der Waals surface area (Å²) in [7, 11) is 0. The van der Waals surface area contributed by atoms with Gasteiger partial charge in [-0.1, -0.05) is 27.7 Å². The van der Waals surface area contributed by atoms with E-state index in [1.165, 1.54) is 11.1 Å². The molecule has 0 bridgehead atoms. The van der Waals surface area contributed by atoms with E-state index in [0.29, 0.717) is 11.8 Å². The standard InChI is InChI=1S/C17H30N2O/c1-11(2)9-18-10-16-13(5)8-14(6)19-17(16)20-15(7)12(3)4/h8,11-12,15,18H,9-10H2,1-7H3. The van der Waals surface area contributed by atoms with Crippen molar-refractivity contribution in [1.29, 1.82) is 0 Å². The van der Waals surface area contributed by atoms with E-state index in [0.717, 1.165) is 24.7 Å². The summed E-state index contributed by atoms with van der Waals surface area (Å²) in [5, 5.41) is 3.48. The van der Waals surface area contributed by atoms with Crippen molar-refractivity contribution in [2.75, 3.05) is 6.54 Å². The van der Waals surface area contributed by atoms with Gasteiger partial charge in [0.15, 0.2) is 0 Å². The van der Waals surface area contributed by atoms with E-state index in [1.807, 2.05) is 6.92 Å². The number of nitrogens with one attached hydrogen (secondary N) is 1. The quantitative estimate of drug-likeness (QED) is 0.822. The van der Waals surface area contributed by atoms with E-state index in [9.17, 15) is 0 Å². The zero-order valence-corrected chi connectivity index (χ0v) is 14.1. The first-order valence-corrected chi connectivity index (χ1v) is 7.65. The number of hydrogen-bond donors (Lipinski definition) is 1. The summed E-state index contributed by atoms with van der Waals surface area (Å²) in [5.74, 6) is 1.92. The highest BCUT2D eigenvalue weighted by atomic mass is 16.5. The molecule has 0 aliphatic rings. The summed E-state index contributed by atoms with van der Waals surface area (Å²) >= 11 is 0. The van der Waals surface area contributed by atoms with Crippen molar-refractivity contribution in [3.05, 3.63) is 22.9 Å². The van der Waals surface area contributed by atoms with Gasteiger partial charge in [-0.15, -0.1) is 0 Å². The monoisotopic (exact) mass is 278 g/mol. The molecule has 0 amide bonds. The van der Waals surface area contributed by atoms with Crippen molar-refractivity contribution < 1.29 is 4.74 Å². The van der Waals surface area contributed by atoms with Crippen molar-refractivity contribution in [2.45, 2.75) is 61.1 Å². The Balaban J connectivity index is 2.89. The average Bonchev–Trinajstić information content (AvgIpc) is 2.31. The Morgan fingerprint density at radius 1 is 1.15 bits per heavy atom. The Morgan fingerprint density at radius 2 is 1.80 bits per heavy atom. The topological polar surface area (TPSA) is 34.1 Å². The maximum absolute atomic E-state index is 6.07. The Bertz CT molecular complexity index is 427. The lowest BCUT2D eigenvalue weighted by Gasteiger charge is -2.21. The summed E-state index contributed by atoms with van der Waals surface area (Å²) < 4.78 is 6.07. The van der Waals surface area contributed by atoms with Gasteiger partial charge in [-0.05, 0) is 50.8 Å². The van der Waals surface area contributed by atoms with Crippen LogP contribution in [0.25, 0.3) is 0 Å². The molecule has 114 valence electrons. The number of nitrogens with zero attached hydrogens (tertiary/aromatic N) is 1. The smallest absolute Gasteiger partial charge is 0.218 e. The maximum atomic E-state index is 6.07. The fraction of sp³-hybridized carbons (Fsp3) is 0.706. The van der Waals surface area contributed by atoms with Gasteiger partial charge in [0.1, 0.15) is 0 Å². The molecule has 1 heterocycles. The fourth-order valence-corrected chi connectivity index (χ4v) is 1.94. The van der Waals surface area contributed by atoms with Crippen LogP contribution in [-0.4, -0.2) is 17.6 Å². The van der Waals surface area contributed by atoms with Crippen molar-refractivity contribution >= 4 is 0 Å². The minimum Gasteiger partial charge on any atom is -0.474 e. The van der Waals surface area contributed by atoms with Crippen LogP contribution in [0.2, 0.25) is 0 Å². The third kappa shape index (κ3) is 5.12. The first kappa shape index (κ1) is 17.0. The Hall–Kier alpha value is -1.09. The average molecular weight is 278 g/mol. The summed E-state index contributed by atoms with van der Waals surface area (Å²) in [4.78, 5) is 4.59. The zero-order valence-electron chi connectivity index (χ0n) is 14.1. The first-order chi connectivity index (χ1) is 9.31. The predicted molar refractivity (Wildman–Crippen MR) is 85.2 cm³/mol. The molecular formula is C17H30N2O. The van der Waals surface area contributed by atoms with Crippen LogP contribution in [0.1, 0.15) is 51.4 Å². The molecule has 1 atom stereocenters. The molecule has 0 spiro atoms. The molecule has 0 saturated carbocycles. The molecule has 1 rings (SSSR count). The lowest BCUT2D eigenvalue weighted by molar-refractivity contribution is 0.161. The van der Waals surface area contributed by atoms with Crippen molar-refractivity contribution in [1.82, 2.24) is 10.3 Å². The van der Waals surface area contributed by atoms with Crippen LogP contribution in [0.5, 0.6) is 5.88 Å². The van der Waals surface area contributed by atoms with Crippen molar-refractivity contribution in [3.63, 3.8) is 0 Å². The highest BCUT2D eigenvalue weighted by Gasteiger charge is 2.15. The van der Waals surface area contributed by atoms with Gasteiger partial charge in [0, 0.05) is 17.8 Å². The second-order valence-corrected chi connectivity index (χ2v) is 6.46. The molecule has 3 heteroatoms. The van der Waals surface area contributed by atoms with E-state index in [-0.39, 0.29) is 6.10 Å². The van der Waals surface area contributed by atoms with Gasteiger partial charge in [-0.2, -0.15) is 0 Å². The third-order valence-electron chi connectivity index (χ3n) is 3.53. The molecule has 1 aromatic rings. The maximum Gasteiger partial charge on any atom is 0.218 e. The van der Waals surface area contributed by atoms with Crippen LogP contribution in [0.4, 0.5) is 0 Å². The Morgan fingerprint density at radius 3 is 2.35 bits per heavy atom. The van der Waals surface area contributed by atoms with Crippen LogP contribution >= 0.6 is 0 Å². The molecule has 0 radical (unpaired) electrons. The molecule has 1 N–H and O–H groups in total. The van der Waals surface area contributed by atoms with Crippen LogP contribution in [0, 0.1) is 25.7 Å². The normalized spacial score (nSPS) is 13.1. The molecule has 0 aromatic carbocycles. The van der Waals surface area contributed by atoms with Crippen molar-refractivity contribution in [3.8, 4) is 5.88 Å². The van der Waals surface area contributed by atoms with Gasteiger partial charge in [-0.3, -0.25) is 0 Å². The van der Waals surface area contributed by atoms with Gasteiger partial charge >= 0.3 is 0 Å². The minimum absolute atomic E-state index is 0.174. The van der Waals surface area contributed by atoms with E-state index >= 15 is 0 Å². The number of hydrogen-bond acceptors (Lipinski definition) is 3. The molecular weight excluding hydrogens is 248 g/mol. The highest BCUT2D eigenvalue weighted by Crippen LogP contribution is 2.23. The highest BCUT2D eigenvalue weighted by molar-refractivity contribution is 5.36. The van der Waals surface area contributed by atoms with E-state index < -0.39 is 0 Å². The fourth-order valence-electron chi connectivity index (χ4n) is 1.94. The molecule has 1 aromatic heterocycles. The van der Waals surface area contributed by atoms with Gasteiger partial charge in [0.25, 0.3) is 0 Å². The lowest BCUT2D eigenvalue weighted by atomic mass is 10.1. The number of aromatic nitrogens is 1. The third-order valence-corrected chi connectivity index (χ3v) is 3.53. The zero-order chi connectivity index (χ0) is 15.3. The van der Waals surface area contributed by atoms with Crippen LogP contribution < -0.4 is 10.1 Å². The second-order valence-electron chi connectivity index (χ2n) is 6.46. The summed E-state index contributed by atoms with van der Waals surface area (Å²) in [5.41, 5.74) is 3.45. The van der Waals surface area contributed by atoms with Crippen molar-refractivity contribution in [2.24, 2.45) is 11.8 Å². The van der Waals surface area contributed by atoms with Crippen LogP contribution in [0.3, 0.4) is 0 Å². The summed E-state index contributed by atoms with van der Waals surface area (Å²) in [6, 6.07) is 2.12. The number of rotatable bonds is 7. The molecule has 20 heavy (non-hydrogen) atoms. The number of pyridine rings is 1. The van der Waals surface area contributed by atoms with Gasteiger partial charge in [0.2, 0.25) is 5.88 Å². The minimum atomic E-state index is 0.174. The summed E-state index contributed by atoms with van der Waals surface area (Å²) in [6.07, 6.45) is 0.174. The van der Waals surface area contributed by atoms with E-state index in [4.69, 9.17) is 4.74 Å². The van der Waals surface area contributed by atoms with E-state index in [2.05, 4.69) is 57.9 Å². The largest absolute Gasteiger partial charge is 0.474 e. The second kappa shape index (κ2) is 7.63. The van der Waals surface area contributed by atoms with Gasteiger partial charge in [0.05, 0.1) is 6.10 Å². The summed E-state index contributed by atoms with van der Waals surface area (Å²) in [6.45, 7) is 16.9. The first-order valence-electron chi connectivity index (χ1n) is 7.65. The Labute approximate surface area is 124 Å². The molecule has 3 nitrogen and oxygen atoms in total. The molecule has 0 aliphatic heterocycles. The van der Waals surface area contributed by atoms with Gasteiger partial charge in [-0.25, -0.2) is 4.98 Å². The number of ether oxygens (including phenoxy) is 1. The van der Waals surface area contributed by atoms with Gasteiger partial charge < -0.3 is 10.1 Å². The number of aryl methyl sites for hydroxylation is 2. The molecule has 0 aliphatic carbocycles. The van der Waals surface area contributed by atoms with Crippen LogP contribution in [-0.2, 0) is 6.54 Å². The lowest BCUT2D eigenvalue weighted by Crippen LogP contribution is -2.23. The van der Waals surface area contributed by atoms with E-state index in [1.54, 1.807) is 0 Å². The van der Waals surface area contributed by atoms with Crippen LogP contribution in [0.15, 0.2) is 6.07 Å². The molecule has 0 fully saturated rings. The molecule has 1 unspecified atom stereocenters. The Kier molecular flexibility index (Phi) is 6.47. The predicted octanol–water partition coefficient (Wildman–Crippen LogP) is 3.87.